The minimum Gasteiger partial charge on any atom is -0.313 e. The number of nitrogens with one attached hydrogen (secondary N) is 1. The highest BCUT2D eigenvalue weighted by atomic mass is 15.3. The summed E-state index contributed by atoms with van der Waals surface area (Å²) in [5.74, 6) is 0.571. The monoisotopic (exact) mass is 195 g/mol. The van der Waals surface area contributed by atoms with Gasteiger partial charge < -0.3 is 5.32 Å². The molecule has 0 amide bonds. The largest absolute Gasteiger partial charge is 0.313 e. The number of aromatic nitrogens is 2. The molecule has 1 N–H and O–H groups in total. The van der Waals surface area contributed by atoms with Crippen LogP contribution in [0.15, 0.2) is 12.4 Å². The zero-order valence-corrected chi connectivity index (χ0v) is 9.62. The van der Waals surface area contributed by atoms with Crippen LogP contribution >= 0.6 is 0 Å². The lowest BCUT2D eigenvalue weighted by Crippen LogP contribution is -2.26. The van der Waals surface area contributed by atoms with Gasteiger partial charge in [0.2, 0.25) is 0 Å². The number of hydrogen-bond acceptors (Lipinski definition) is 2. The molecule has 0 bridgehead atoms. The van der Waals surface area contributed by atoms with E-state index in [2.05, 4.69) is 44.3 Å². The molecule has 0 saturated carbocycles. The summed E-state index contributed by atoms with van der Waals surface area (Å²) in [4.78, 5) is 0. The van der Waals surface area contributed by atoms with E-state index in [1.54, 1.807) is 0 Å². The topological polar surface area (TPSA) is 29.9 Å². The summed E-state index contributed by atoms with van der Waals surface area (Å²) in [6.45, 7) is 10.6. The van der Waals surface area contributed by atoms with E-state index >= 15 is 0 Å². The van der Waals surface area contributed by atoms with Crippen LogP contribution in [-0.4, -0.2) is 22.4 Å². The van der Waals surface area contributed by atoms with Gasteiger partial charge in [-0.15, -0.1) is 0 Å². The highest BCUT2D eigenvalue weighted by molar-refractivity contribution is 5.08. The molecule has 0 aliphatic heterocycles. The average molecular weight is 195 g/mol. The van der Waals surface area contributed by atoms with Gasteiger partial charge in [0.15, 0.2) is 0 Å². The van der Waals surface area contributed by atoms with E-state index in [9.17, 15) is 0 Å². The highest BCUT2D eigenvalue weighted by Crippen LogP contribution is 2.11. The Morgan fingerprint density at radius 3 is 2.57 bits per heavy atom. The first-order valence-electron chi connectivity index (χ1n) is 5.35. The molecule has 3 heteroatoms. The molecule has 1 heterocycles. The molecule has 0 aliphatic carbocycles. The minimum absolute atomic E-state index is 0.551. The van der Waals surface area contributed by atoms with Crippen LogP contribution in [0, 0.1) is 0 Å². The molecule has 0 saturated heterocycles. The van der Waals surface area contributed by atoms with Crippen molar-refractivity contribution < 1.29 is 0 Å². The molecule has 1 rings (SSSR count). The van der Waals surface area contributed by atoms with Crippen LogP contribution in [0.2, 0.25) is 0 Å². The van der Waals surface area contributed by atoms with Crippen LogP contribution in [0.1, 0.15) is 39.2 Å². The van der Waals surface area contributed by atoms with Gasteiger partial charge >= 0.3 is 0 Å². The lowest BCUT2D eigenvalue weighted by atomic mass is 10.1. The van der Waals surface area contributed by atoms with E-state index in [-0.39, 0.29) is 0 Å². The summed E-state index contributed by atoms with van der Waals surface area (Å²) in [7, 11) is 0. The van der Waals surface area contributed by atoms with Gasteiger partial charge in [-0.05, 0) is 11.5 Å². The molecule has 0 radical (unpaired) electrons. The third-order valence-corrected chi connectivity index (χ3v) is 2.21. The Kier molecular flexibility index (Phi) is 4.14. The molecular formula is C11H21N3. The van der Waals surface area contributed by atoms with Crippen molar-refractivity contribution in [3.8, 4) is 0 Å². The molecule has 14 heavy (non-hydrogen) atoms. The zero-order valence-electron chi connectivity index (χ0n) is 9.62. The summed E-state index contributed by atoms with van der Waals surface area (Å²) < 4.78 is 2.00. The molecule has 0 fully saturated rings. The van der Waals surface area contributed by atoms with Crippen molar-refractivity contribution in [2.75, 3.05) is 6.54 Å². The lowest BCUT2D eigenvalue weighted by Gasteiger charge is -2.07. The van der Waals surface area contributed by atoms with Gasteiger partial charge in [-0.1, -0.05) is 27.7 Å². The van der Waals surface area contributed by atoms with Crippen molar-refractivity contribution in [3.63, 3.8) is 0 Å². The van der Waals surface area contributed by atoms with Gasteiger partial charge in [0.25, 0.3) is 0 Å². The van der Waals surface area contributed by atoms with E-state index in [0.29, 0.717) is 12.0 Å². The Morgan fingerprint density at radius 2 is 2.07 bits per heavy atom. The summed E-state index contributed by atoms with van der Waals surface area (Å²) in [6.07, 6.45) is 4.09. The third kappa shape index (κ3) is 3.50. The molecule has 0 unspecified atom stereocenters. The smallest absolute Gasteiger partial charge is 0.0534 e. The zero-order chi connectivity index (χ0) is 10.6. The van der Waals surface area contributed by atoms with Crippen LogP contribution in [0.25, 0.3) is 0 Å². The fourth-order valence-electron chi connectivity index (χ4n) is 1.27. The molecule has 3 nitrogen and oxygen atoms in total. The van der Waals surface area contributed by atoms with Crippen molar-refractivity contribution in [2.45, 2.75) is 46.2 Å². The third-order valence-electron chi connectivity index (χ3n) is 2.21. The second-order valence-corrected chi connectivity index (χ2v) is 4.30. The molecule has 1 aromatic heterocycles. The quantitative estimate of drug-likeness (QED) is 0.779. The summed E-state index contributed by atoms with van der Waals surface area (Å²) in [6, 6.07) is 0.551. The van der Waals surface area contributed by atoms with E-state index in [1.165, 1.54) is 5.56 Å². The van der Waals surface area contributed by atoms with Crippen molar-refractivity contribution in [2.24, 2.45) is 0 Å². The van der Waals surface area contributed by atoms with Gasteiger partial charge in [-0.25, -0.2) is 0 Å². The molecule has 80 valence electrons. The Hall–Kier alpha value is -0.830. The Bertz CT molecular complexity index is 263. The van der Waals surface area contributed by atoms with Crippen molar-refractivity contribution in [3.05, 3.63) is 18.0 Å². The molecular weight excluding hydrogens is 174 g/mol. The van der Waals surface area contributed by atoms with Crippen LogP contribution in [0.4, 0.5) is 0 Å². The fourth-order valence-corrected chi connectivity index (χ4v) is 1.27. The normalized spacial score (nSPS) is 11.6. The molecule has 0 spiro atoms. The van der Waals surface area contributed by atoms with E-state index < -0.39 is 0 Å². The maximum absolute atomic E-state index is 4.31. The van der Waals surface area contributed by atoms with Crippen molar-refractivity contribution in [1.82, 2.24) is 15.1 Å². The highest BCUT2D eigenvalue weighted by Gasteiger charge is 2.02. The first kappa shape index (κ1) is 11.2. The standard InChI is InChI=1S/C11H21N3/c1-9(2)11-7-13-14(8-11)6-5-12-10(3)4/h7-10,12H,5-6H2,1-4H3. The van der Waals surface area contributed by atoms with Gasteiger partial charge in [-0.3, -0.25) is 4.68 Å². The van der Waals surface area contributed by atoms with E-state index in [1.807, 2.05) is 10.9 Å². The van der Waals surface area contributed by atoms with E-state index in [0.717, 1.165) is 13.1 Å². The molecule has 1 aromatic rings. The molecule has 0 aromatic carbocycles. The number of nitrogens with zero attached hydrogens (tertiary/aromatic N) is 2. The Morgan fingerprint density at radius 1 is 1.36 bits per heavy atom. The average Bonchev–Trinajstić information content (AvgIpc) is 2.52. The summed E-state index contributed by atoms with van der Waals surface area (Å²) in [5, 5.41) is 7.68. The molecule has 0 aliphatic rings. The maximum atomic E-state index is 4.31. The predicted molar refractivity (Wildman–Crippen MR) is 59.5 cm³/mol. The van der Waals surface area contributed by atoms with Crippen molar-refractivity contribution >= 4 is 0 Å². The first-order chi connectivity index (χ1) is 6.59. The Balaban J connectivity index is 2.36. The molecule has 0 atom stereocenters. The van der Waals surface area contributed by atoms with Crippen LogP contribution in [0.5, 0.6) is 0 Å². The Labute approximate surface area is 86.5 Å². The van der Waals surface area contributed by atoms with Gasteiger partial charge in [0.1, 0.15) is 0 Å². The second-order valence-electron chi connectivity index (χ2n) is 4.30. The van der Waals surface area contributed by atoms with Gasteiger partial charge in [-0.2, -0.15) is 5.10 Å². The second kappa shape index (κ2) is 5.15. The fraction of sp³-hybridized carbons (Fsp3) is 0.727. The first-order valence-corrected chi connectivity index (χ1v) is 5.35. The SMILES string of the molecule is CC(C)NCCn1cc(C(C)C)cn1. The van der Waals surface area contributed by atoms with E-state index in [4.69, 9.17) is 0 Å². The van der Waals surface area contributed by atoms with Gasteiger partial charge in [0, 0.05) is 18.8 Å². The number of rotatable bonds is 5. The predicted octanol–water partition coefficient (Wildman–Crippen LogP) is 2.00. The maximum Gasteiger partial charge on any atom is 0.0534 e. The lowest BCUT2D eigenvalue weighted by molar-refractivity contribution is 0.515. The van der Waals surface area contributed by atoms with Crippen LogP contribution in [-0.2, 0) is 6.54 Å². The summed E-state index contributed by atoms with van der Waals surface area (Å²) in [5.41, 5.74) is 1.31. The van der Waals surface area contributed by atoms with Crippen LogP contribution < -0.4 is 5.32 Å². The van der Waals surface area contributed by atoms with Crippen LogP contribution in [0.3, 0.4) is 0 Å². The minimum atomic E-state index is 0.551. The summed E-state index contributed by atoms with van der Waals surface area (Å²) >= 11 is 0. The van der Waals surface area contributed by atoms with Gasteiger partial charge in [0.05, 0.1) is 12.7 Å². The number of hydrogen-bond donors (Lipinski definition) is 1. The van der Waals surface area contributed by atoms with Crippen molar-refractivity contribution in [1.29, 1.82) is 0 Å².